The lowest BCUT2D eigenvalue weighted by Crippen LogP contribution is -2.42. The molecule has 0 saturated carbocycles. The quantitative estimate of drug-likeness (QED) is 0.646. The Balaban J connectivity index is 3.90. The predicted octanol–water partition coefficient (Wildman–Crippen LogP) is 0.437. The molecule has 0 radical (unpaired) electrons. The van der Waals surface area contributed by atoms with E-state index in [1.165, 1.54) is 4.90 Å². The number of nitrogens with two attached hydrogens (primary N) is 1. The van der Waals surface area contributed by atoms with Crippen LogP contribution in [0.1, 0.15) is 32.6 Å². The van der Waals surface area contributed by atoms with Crippen molar-refractivity contribution in [3.63, 3.8) is 0 Å². The van der Waals surface area contributed by atoms with Crippen molar-refractivity contribution < 1.29 is 14.7 Å². The van der Waals surface area contributed by atoms with Gasteiger partial charge < -0.3 is 15.7 Å². The fraction of sp³-hybridized carbons (Fsp3) is 0.800. The number of carbonyl (C=O) groups is 2. The summed E-state index contributed by atoms with van der Waals surface area (Å²) in [6, 6.07) is -0.497. The Bertz CT molecular complexity index is 219. The first-order valence-corrected chi connectivity index (χ1v) is 5.21. The van der Waals surface area contributed by atoms with Crippen LogP contribution in [0.2, 0.25) is 0 Å². The number of amides is 1. The van der Waals surface area contributed by atoms with Gasteiger partial charge in [0, 0.05) is 13.6 Å². The smallest absolute Gasteiger partial charge is 0.305 e. The van der Waals surface area contributed by atoms with Crippen molar-refractivity contribution in [2.24, 2.45) is 5.73 Å². The minimum atomic E-state index is -0.906. The number of carboxylic acids is 1. The number of unbranched alkanes of at least 4 members (excludes halogenated alkanes) is 1. The first kappa shape index (κ1) is 13.9. The van der Waals surface area contributed by atoms with Gasteiger partial charge in [0.15, 0.2) is 0 Å². The van der Waals surface area contributed by atoms with E-state index in [0.29, 0.717) is 6.42 Å². The first-order chi connectivity index (χ1) is 6.99. The second-order valence-electron chi connectivity index (χ2n) is 3.65. The van der Waals surface area contributed by atoms with Crippen LogP contribution in [-0.4, -0.2) is 41.5 Å². The molecule has 0 rings (SSSR count). The summed E-state index contributed by atoms with van der Waals surface area (Å²) < 4.78 is 0. The third kappa shape index (κ3) is 6.06. The maximum Gasteiger partial charge on any atom is 0.305 e. The number of nitrogens with zero attached hydrogens (tertiary/aromatic N) is 1. The van der Waals surface area contributed by atoms with E-state index in [4.69, 9.17) is 10.8 Å². The van der Waals surface area contributed by atoms with Gasteiger partial charge >= 0.3 is 5.97 Å². The Hall–Kier alpha value is -1.10. The Morgan fingerprint density at radius 3 is 2.53 bits per heavy atom. The number of aliphatic carboxylic acids is 1. The molecule has 1 unspecified atom stereocenters. The minimum Gasteiger partial charge on any atom is -0.481 e. The highest BCUT2D eigenvalue weighted by Crippen LogP contribution is 2.01. The van der Waals surface area contributed by atoms with Gasteiger partial charge in [-0.3, -0.25) is 9.59 Å². The lowest BCUT2D eigenvalue weighted by atomic mass is 10.1. The number of carbonyl (C=O) groups excluding carboxylic acids is 1. The van der Waals surface area contributed by atoms with Gasteiger partial charge in [-0.15, -0.1) is 0 Å². The van der Waals surface area contributed by atoms with Gasteiger partial charge in [0.1, 0.15) is 0 Å². The van der Waals surface area contributed by atoms with Gasteiger partial charge in [0.05, 0.1) is 12.5 Å². The summed E-state index contributed by atoms with van der Waals surface area (Å²) in [5.74, 6) is -1.08. The third-order valence-corrected chi connectivity index (χ3v) is 2.22. The second-order valence-corrected chi connectivity index (χ2v) is 3.65. The van der Waals surface area contributed by atoms with E-state index < -0.39 is 12.0 Å². The zero-order chi connectivity index (χ0) is 11.8. The molecule has 0 fully saturated rings. The van der Waals surface area contributed by atoms with Crippen molar-refractivity contribution >= 4 is 11.9 Å². The van der Waals surface area contributed by atoms with Crippen molar-refractivity contribution in [2.45, 2.75) is 38.6 Å². The maximum atomic E-state index is 11.6. The average Bonchev–Trinajstić information content (AvgIpc) is 2.21. The standard InChI is InChI=1S/C10H20N2O3/c1-3-4-5-8(11)10(15)12(2)7-6-9(13)14/h8H,3-7,11H2,1-2H3,(H,13,14). The van der Waals surface area contributed by atoms with Gasteiger partial charge in [0.25, 0.3) is 0 Å². The summed E-state index contributed by atoms with van der Waals surface area (Å²) in [5.41, 5.74) is 5.67. The summed E-state index contributed by atoms with van der Waals surface area (Å²) in [6.07, 6.45) is 2.54. The Morgan fingerprint density at radius 2 is 2.07 bits per heavy atom. The van der Waals surface area contributed by atoms with Crippen LogP contribution in [0.25, 0.3) is 0 Å². The SMILES string of the molecule is CCCCC(N)C(=O)N(C)CCC(=O)O. The molecule has 0 bridgehead atoms. The van der Waals surface area contributed by atoms with E-state index in [2.05, 4.69) is 0 Å². The molecule has 3 N–H and O–H groups in total. The summed E-state index contributed by atoms with van der Waals surface area (Å²) in [6.45, 7) is 2.25. The summed E-state index contributed by atoms with van der Waals surface area (Å²) >= 11 is 0. The molecule has 0 aromatic heterocycles. The van der Waals surface area contributed by atoms with Crippen LogP contribution in [0.4, 0.5) is 0 Å². The van der Waals surface area contributed by atoms with Crippen molar-refractivity contribution in [3.8, 4) is 0 Å². The van der Waals surface area contributed by atoms with Crippen molar-refractivity contribution in [1.82, 2.24) is 4.90 Å². The minimum absolute atomic E-state index is 0.0390. The third-order valence-electron chi connectivity index (χ3n) is 2.22. The fourth-order valence-corrected chi connectivity index (χ4v) is 1.20. The lowest BCUT2D eigenvalue weighted by molar-refractivity contribution is -0.138. The zero-order valence-corrected chi connectivity index (χ0v) is 9.40. The molecule has 5 nitrogen and oxygen atoms in total. The zero-order valence-electron chi connectivity index (χ0n) is 9.40. The van der Waals surface area contributed by atoms with E-state index in [1.807, 2.05) is 6.92 Å². The molecule has 0 aliphatic rings. The summed E-state index contributed by atoms with van der Waals surface area (Å²) in [5, 5.41) is 8.45. The Kier molecular flexibility index (Phi) is 6.70. The molecule has 0 spiro atoms. The van der Waals surface area contributed by atoms with Gasteiger partial charge in [-0.2, -0.15) is 0 Å². The number of rotatable bonds is 7. The monoisotopic (exact) mass is 216 g/mol. The van der Waals surface area contributed by atoms with Crippen LogP contribution in [0, 0.1) is 0 Å². The highest BCUT2D eigenvalue weighted by atomic mass is 16.4. The van der Waals surface area contributed by atoms with Crippen molar-refractivity contribution in [3.05, 3.63) is 0 Å². The fourth-order valence-electron chi connectivity index (χ4n) is 1.20. The summed E-state index contributed by atoms with van der Waals surface area (Å²) in [7, 11) is 1.58. The molecule has 1 atom stereocenters. The van der Waals surface area contributed by atoms with E-state index in [9.17, 15) is 9.59 Å². The highest BCUT2D eigenvalue weighted by molar-refractivity contribution is 5.81. The van der Waals surface area contributed by atoms with E-state index in [-0.39, 0.29) is 18.9 Å². The molecular weight excluding hydrogens is 196 g/mol. The van der Waals surface area contributed by atoms with Crippen LogP contribution >= 0.6 is 0 Å². The lowest BCUT2D eigenvalue weighted by Gasteiger charge is -2.20. The number of carboxylic acid groups (broad SMARTS) is 1. The van der Waals surface area contributed by atoms with Crippen LogP contribution in [-0.2, 0) is 9.59 Å². The van der Waals surface area contributed by atoms with Crippen LogP contribution < -0.4 is 5.73 Å². The Labute approximate surface area is 90.2 Å². The van der Waals surface area contributed by atoms with Gasteiger partial charge in [-0.25, -0.2) is 0 Å². The molecule has 0 aliphatic carbocycles. The summed E-state index contributed by atoms with van der Waals surface area (Å²) in [4.78, 5) is 23.3. The van der Waals surface area contributed by atoms with E-state index >= 15 is 0 Å². The largest absolute Gasteiger partial charge is 0.481 e. The Morgan fingerprint density at radius 1 is 1.47 bits per heavy atom. The number of hydrogen-bond donors (Lipinski definition) is 2. The molecule has 15 heavy (non-hydrogen) atoms. The molecule has 0 saturated heterocycles. The van der Waals surface area contributed by atoms with Crippen LogP contribution in [0.5, 0.6) is 0 Å². The molecule has 0 aromatic rings. The molecule has 0 aromatic carbocycles. The van der Waals surface area contributed by atoms with Crippen molar-refractivity contribution in [1.29, 1.82) is 0 Å². The number of hydrogen-bond acceptors (Lipinski definition) is 3. The van der Waals surface area contributed by atoms with E-state index in [0.717, 1.165) is 12.8 Å². The number of likely N-dealkylation sites (N-methyl/N-ethyl adjacent to an activating group) is 1. The molecule has 1 amide bonds. The van der Waals surface area contributed by atoms with Crippen LogP contribution in [0.3, 0.4) is 0 Å². The van der Waals surface area contributed by atoms with Gasteiger partial charge in [-0.05, 0) is 6.42 Å². The first-order valence-electron chi connectivity index (χ1n) is 5.21. The van der Waals surface area contributed by atoms with Gasteiger partial charge in [-0.1, -0.05) is 19.8 Å². The molecule has 88 valence electrons. The molecule has 5 heteroatoms. The molecular formula is C10H20N2O3. The molecule has 0 heterocycles. The average molecular weight is 216 g/mol. The van der Waals surface area contributed by atoms with Crippen LogP contribution in [0.15, 0.2) is 0 Å². The van der Waals surface area contributed by atoms with E-state index in [1.54, 1.807) is 7.05 Å². The van der Waals surface area contributed by atoms with Crippen molar-refractivity contribution in [2.75, 3.05) is 13.6 Å². The predicted molar refractivity (Wildman–Crippen MR) is 57.4 cm³/mol. The normalized spacial score (nSPS) is 12.2. The van der Waals surface area contributed by atoms with Gasteiger partial charge in [0.2, 0.25) is 5.91 Å². The maximum absolute atomic E-state index is 11.6. The molecule has 0 aliphatic heterocycles. The highest BCUT2D eigenvalue weighted by Gasteiger charge is 2.17. The second kappa shape index (κ2) is 7.23. The topological polar surface area (TPSA) is 83.6 Å².